The zero-order valence-corrected chi connectivity index (χ0v) is 12.2. The van der Waals surface area contributed by atoms with E-state index in [4.69, 9.17) is 4.74 Å². The molecular formula is C15H29NO2. The van der Waals surface area contributed by atoms with Crippen LogP contribution in [0, 0.1) is 11.3 Å². The molecule has 0 aromatic carbocycles. The van der Waals surface area contributed by atoms with E-state index in [2.05, 4.69) is 25.7 Å². The molecule has 0 amide bonds. The highest BCUT2D eigenvalue weighted by atomic mass is 16.5. The normalized spacial score (nSPS) is 37.0. The predicted molar refractivity (Wildman–Crippen MR) is 73.6 cm³/mol. The van der Waals surface area contributed by atoms with Crippen molar-refractivity contribution in [1.82, 2.24) is 4.90 Å². The molecule has 0 spiro atoms. The zero-order chi connectivity index (χ0) is 13.2. The number of nitrogens with zero attached hydrogens (tertiary/aromatic N) is 1. The topological polar surface area (TPSA) is 32.7 Å². The number of likely N-dealkylation sites (tertiary alicyclic amines) is 1. The van der Waals surface area contributed by atoms with Crippen molar-refractivity contribution in [1.29, 1.82) is 0 Å². The number of hydrogen-bond acceptors (Lipinski definition) is 3. The van der Waals surface area contributed by atoms with Gasteiger partial charge in [-0.1, -0.05) is 13.8 Å². The maximum Gasteiger partial charge on any atom is 0.0702 e. The van der Waals surface area contributed by atoms with E-state index in [9.17, 15) is 5.11 Å². The predicted octanol–water partition coefficient (Wildman–Crippen LogP) is 2.28. The Morgan fingerprint density at radius 1 is 1.33 bits per heavy atom. The average molecular weight is 255 g/mol. The molecule has 3 atom stereocenters. The fraction of sp³-hybridized carbons (Fsp3) is 1.00. The highest BCUT2D eigenvalue weighted by Gasteiger charge is 2.41. The van der Waals surface area contributed by atoms with Crippen LogP contribution in [0.2, 0.25) is 0 Å². The van der Waals surface area contributed by atoms with Crippen LogP contribution in [0.25, 0.3) is 0 Å². The third-order valence-corrected chi connectivity index (χ3v) is 4.76. The minimum Gasteiger partial charge on any atom is -0.392 e. The van der Waals surface area contributed by atoms with Crippen molar-refractivity contribution in [2.24, 2.45) is 11.3 Å². The number of rotatable bonds is 4. The van der Waals surface area contributed by atoms with E-state index in [1.54, 1.807) is 0 Å². The maximum absolute atomic E-state index is 10.4. The molecule has 0 aromatic rings. The number of aliphatic hydroxyl groups is 1. The summed E-state index contributed by atoms with van der Waals surface area (Å²) in [5.41, 5.74) is 0.111. The van der Waals surface area contributed by atoms with Crippen molar-refractivity contribution in [3.05, 3.63) is 0 Å². The van der Waals surface area contributed by atoms with Crippen LogP contribution in [-0.2, 0) is 4.74 Å². The van der Waals surface area contributed by atoms with Gasteiger partial charge in [0.1, 0.15) is 0 Å². The minimum atomic E-state index is -0.134. The molecular weight excluding hydrogens is 226 g/mol. The summed E-state index contributed by atoms with van der Waals surface area (Å²) in [6.07, 6.45) is 5.03. The second kappa shape index (κ2) is 5.89. The summed E-state index contributed by atoms with van der Waals surface area (Å²) < 4.78 is 5.74. The van der Waals surface area contributed by atoms with Gasteiger partial charge in [-0.25, -0.2) is 0 Å². The molecule has 1 N–H and O–H groups in total. The quantitative estimate of drug-likeness (QED) is 0.836. The van der Waals surface area contributed by atoms with E-state index < -0.39 is 0 Å². The number of aliphatic hydroxyl groups excluding tert-OH is 1. The Hall–Kier alpha value is -0.120. The molecule has 1 saturated heterocycles. The highest BCUT2D eigenvalue weighted by molar-refractivity contribution is 4.92. The first-order valence-corrected chi connectivity index (χ1v) is 7.55. The van der Waals surface area contributed by atoms with Gasteiger partial charge in [-0.15, -0.1) is 0 Å². The molecule has 3 unspecified atom stereocenters. The second-order valence-corrected chi connectivity index (χ2v) is 6.71. The number of ether oxygens (including phenoxy) is 1. The van der Waals surface area contributed by atoms with Crippen LogP contribution in [0.3, 0.4) is 0 Å². The van der Waals surface area contributed by atoms with Gasteiger partial charge >= 0.3 is 0 Å². The standard InChI is InChI=1S/C15H29NO2/c1-4-18-13-6-5-9-16(11-13)10-12-7-8-15(2,3)14(12)17/h12-14,17H,4-11H2,1-3H3. The molecule has 0 radical (unpaired) electrons. The van der Waals surface area contributed by atoms with Crippen LogP contribution in [-0.4, -0.2) is 48.5 Å². The van der Waals surface area contributed by atoms with Crippen LogP contribution < -0.4 is 0 Å². The van der Waals surface area contributed by atoms with Gasteiger partial charge in [0, 0.05) is 19.7 Å². The summed E-state index contributed by atoms with van der Waals surface area (Å²) in [5, 5.41) is 10.4. The second-order valence-electron chi connectivity index (χ2n) is 6.71. The Labute approximate surface area is 112 Å². The van der Waals surface area contributed by atoms with Crippen LogP contribution in [0.1, 0.15) is 46.5 Å². The Morgan fingerprint density at radius 2 is 2.11 bits per heavy atom. The molecule has 1 saturated carbocycles. The summed E-state index contributed by atoms with van der Waals surface area (Å²) >= 11 is 0. The lowest BCUT2D eigenvalue weighted by Crippen LogP contribution is -2.44. The van der Waals surface area contributed by atoms with Gasteiger partial charge in [-0.2, -0.15) is 0 Å². The molecule has 1 heterocycles. The molecule has 2 rings (SSSR count). The Bertz CT molecular complexity index is 265. The molecule has 18 heavy (non-hydrogen) atoms. The van der Waals surface area contributed by atoms with Gasteiger partial charge in [0.25, 0.3) is 0 Å². The lowest BCUT2D eigenvalue weighted by molar-refractivity contribution is -0.0129. The molecule has 1 aliphatic carbocycles. The van der Waals surface area contributed by atoms with Gasteiger partial charge < -0.3 is 14.7 Å². The molecule has 106 valence electrons. The van der Waals surface area contributed by atoms with E-state index in [1.807, 2.05) is 0 Å². The fourth-order valence-electron chi connectivity index (χ4n) is 3.57. The summed E-state index contributed by atoms with van der Waals surface area (Å²) in [6.45, 7) is 10.5. The number of hydrogen-bond donors (Lipinski definition) is 1. The molecule has 1 aliphatic heterocycles. The van der Waals surface area contributed by atoms with Crippen molar-refractivity contribution in [2.75, 3.05) is 26.2 Å². The van der Waals surface area contributed by atoms with E-state index in [0.29, 0.717) is 12.0 Å². The molecule has 3 nitrogen and oxygen atoms in total. The van der Waals surface area contributed by atoms with Gasteiger partial charge in [0.15, 0.2) is 0 Å². The zero-order valence-electron chi connectivity index (χ0n) is 12.2. The molecule has 0 bridgehead atoms. The summed E-state index contributed by atoms with van der Waals surface area (Å²) in [5.74, 6) is 0.459. The summed E-state index contributed by atoms with van der Waals surface area (Å²) in [6, 6.07) is 0. The smallest absolute Gasteiger partial charge is 0.0702 e. The largest absolute Gasteiger partial charge is 0.392 e. The average Bonchev–Trinajstić information content (AvgIpc) is 2.57. The van der Waals surface area contributed by atoms with Crippen LogP contribution in [0.4, 0.5) is 0 Å². The Balaban J connectivity index is 1.83. The van der Waals surface area contributed by atoms with Crippen molar-refractivity contribution in [3.63, 3.8) is 0 Å². The minimum absolute atomic E-state index is 0.111. The fourth-order valence-corrected chi connectivity index (χ4v) is 3.57. The first-order valence-electron chi connectivity index (χ1n) is 7.55. The van der Waals surface area contributed by atoms with Crippen molar-refractivity contribution in [2.45, 2.75) is 58.7 Å². The maximum atomic E-state index is 10.4. The van der Waals surface area contributed by atoms with Crippen LogP contribution >= 0.6 is 0 Å². The monoisotopic (exact) mass is 255 g/mol. The first-order chi connectivity index (χ1) is 8.53. The Morgan fingerprint density at radius 3 is 2.72 bits per heavy atom. The lowest BCUT2D eigenvalue weighted by atomic mass is 9.87. The van der Waals surface area contributed by atoms with Crippen LogP contribution in [0.5, 0.6) is 0 Å². The van der Waals surface area contributed by atoms with Gasteiger partial charge in [-0.05, 0) is 50.5 Å². The van der Waals surface area contributed by atoms with Gasteiger partial charge in [0.05, 0.1) is 12.2 Å². The number of piperidine rings is 1. The summed E-state index contributed by atoms with van der Waals surface area (Å²) in [4.78, 5) is 2.50. The molecule has 2 aliphatic rings. The molecule has 0 aromatic heterocycles. The van der Waals surface area contributed by atoms with E-state index >= 15 is 0 Å². The third-order valence-electron chi connectivity index (χ3n) is 4.76. The summed E-state index contributed by atoms with van der Waals surface area (Å²) in [7, 11) is 0. The first kappa shape index (κ1) is 14.3. The van der Waals surface area contributed by atoms with Gasteiger partial charge in [0.2, 0.25) is 0 Å². The van der Waals surface area contributed by atoms with E-state index in [1.165, 1.54) is 25.8 Å². The molecule has 2 fully saturated rings. The van der Waals surface area contributed by atoms with Crippen molar-refractivity contribution < 1.29 is 9.84 Å². The highest BCUT2D eigenvalue weighted by Crippen LogP contribution is 2.41. The Kier molecular flexibility index (Phi) is 4.68. The van der Waals surface area contributed by atoms with E-state index in [0.717, 1.165) is 26.1 Å². The van der Waals surface area contributed by atoms with Gasteiger partial charge in [-0.3, -0.25) is 0 Å². The third kappa shape index (κ3) is 3.25. The lowest BCUT2D eigenvalue weighted by Gasteiger charge is -2.35. The van der Waals surface area contributed by atoms with Crippen LogP contribution in [0.15, 0.2) is 0 Å². The van der Waals surface area contributed by atoms with Crippen molar-refractivity contribution in [3.8, 4) is 0 Å². The van der Waals surface area contributed by atoms with E-state index in [-0.39, 0.29) is 11.5 Å². The SMILES string of the molecule is CCOC1CCCN(CC2CCC(C)(C)C2O)C1. The van der Waals surface area contributed by atoms with Crippen molar-refractivity contribution >= 4 is 0 Å². The molecule has 3 heteroatoms.